The van der Waals surface area contributed by atoms with Crippen LogP contribution in [0.3, 0.4) is 0 Å². The summed E-state index contributed by atoms with van der Waals surface area (Å²) in [7, 11) is 4.20. The Labute approximate surface area is 499 Å². The zero-order chi connectivity index (χ0) is 56.1. The fraction of sp³-hybridized carbons (Fsp3) is 0.464. The van der Waals surface area contributed by atoms with Crippen LogP contribution in [0.4, 0.5) is 9.59 Å². The van der Waals surface area contributed by atoms with Crippen LogP contribution in [0, 0.1) is 0 Å². The van der Waals surface area contributed by atoms with Crippen LogP contribution < -0.4 is 21.3 Å². The van der Waals surface area contributed by atoms with Gasteiger partial charge in [0.1, 0.15) is 11.4 Å². The van der Waals surface area contributed by atoms with E-state index in [1.54, 1.807) is 9.36 Å². The van der Waals surface area contributed by atoms with Crippen molar-refractivity contribution in [3.63, 3.8) is 0 Å². The number of hydrogen-bond donors (Lipinski definition) is 4. The van der Waals surface area contributed by atoms with Gasteiger partial charge in [0.25, 0.3) is 0 Å². The predicted molar refractivity (Wildman–Crippen MR) is 315 cm³/mol. The smallest absolute Gasteiger partial charge is 0.314 e. The van der Waals surface area contributed by atoms with Gasteiger partial charge in [-0.2, -0.15) is 0 Å². The van der Waals surface area contributed by atoms with E-state index in [1.165, 1.54) is 11.1 Å². The minimum Gasteiger partial charge on any atom is -0.377 e. The van der Waals surface area contributed by atoms with Gasteiger partial charge in [-0.3, -0.25) is 0 Å². The molecule has 4 heterocycles. The van der Waals surface area contributed by atoms with Gasteiger partial charge in [0.2, 0.25) is 0 Å². The molecule has 6 aromatic rings. The number of nitrogens with zero attached hydrogens (tertiary/aromatic N) is 8. The quantitative estimate of drug-likeness (QED) is 0.0307. The maximum atomic E-state index is 12.1. The van der Waals surface area contributed by atoms with Crippen molar-refractivity contribution < 1.29 is 38.0 Å². The van der Waals surface area contributed by atoms with E-state index in [-0.39, 0.29) is 49.4 Å². The number of ether oxygens (including phenoxy) is 6. The van der Waals surface area contributed by atoms with Gasteiger partial charge in [-0.15, -0.1) is 22.6 Å². The Morgan fingerprint density at radius 2 is 0.877 bits per heavy atom. The minimum atomic E-state index is -0.359. The van der Waals surface area contributed by atoms with Gasteiger partial charge in [0.05, 0.1) is 105 Å². The molecular weight excluding hydrogens is 1150 g/mol. The van der Waals surface area contributed by atoms with Crippen LogP contribution in [-0.2, 0) is 54.6 Å². The van der Waals surface area contributed by atoms with Gasteiger partial charge in [-0.25, -0.2) is 19.0 Å². The molecule has 4 N–H and O–H groups in total. The highest BCUT2D eigenvalue weighted by molar-refractivity contribution is 6.35. The van der Waals surface area contributed by atoms with Crippen molar-refractivity contribution >= 4 is 70.9 Å². The van der Waals surface area contributed by atoms with Crippen molar-refractivity contribution in [1.82, 2.24) is 61.1 Å². The molecule has 81 heavy (non-hydrogen) atoms. The standard InChI is InChI=1S/C56H70Cl4N12O8.ClH/c1-69-33-47(45-29-43(57)31-51(59)49(45)35-69)39-5-3-7-41(27-39)53-37-71(67-65-53)13-17-77-21-25-79-23-19-75-15-11-63-55(73)61-9-10-62-56(74)64-12-16-76-20-24-80-26-22-78-18-14-72-38-54(66-68-72)42-8-4-6-40(28-42)48-34-70(2)36-50-46(48)30-44(58)32-52(50)60;/h3-8,27-32,37-38,47-48H,9-26,33-36H2,1-2H3,(H2,61,63,73)(H2,62,64,74);1H/t47-,48-;/m0./s1. The van der Waals surface area contributed by atoms with Gasteiger partial charge in [-0.1, -0.05) is 93.2 Å². The molecule has 0 saturated carbocycles. The number of nitrogens with one attached hydrogen (secondary N) is 4. The second-order valence-electron chi connectivity index (χ2n) is 19.4. The predicted octanol–water partition coefficient (Wildman–Crippen LogP) is 7.79. The van der Waals surface area contributed by atoms with Crippen molar-refractivity contribution in [3.05, 3.63) is 139 Å². The number of rotatable bonds is 31. The van der Waals surface area contributed by atoms with Crippen LogP contribution in [-0.4, -0.2) is 184 Å². The molecule has 2 aliphatic heterocycles. The summed E-state index contributed by atoms with van der Waals surface area (Å²) in [6.07, 6.45) is 3.85. The first-order valence-electron chi connectivity index (χ1n) is 26.8. The molecule has 20 nitrogen and oxygen atoms in total. The van der Waals surface area contributed by atoms with Crippen molar-refractivity contribution in [2.24, 2.45) is 0 Å². The Hall–Kier alpha value is -5.17. The average Bonchev–Trinajstić information content (AvgIpc) is 4.15. The molecule has 2 atom stereocenters. The number of amides is 4. The molecule has 4 amide bonds. The molecule has 25 heteroatoms. The topological polar surface area (TPSA) is 206 Å². The lowest BCUT2D eigenvalue weighted by Crippen LogP contribution is -2.44. The zero-order valence-electron chi connectivity index (χ0n) is 45.6. The normalized spacial score (nSPS) is 15.2. The molecule has 0 aliphatic carbocycles. The summed E-state index contributed by atoms with van der Waals surface area (Å²) in [5.41, 5.74) is 10.4. The molecule has 2 aromatic heterocycles. The Morgan fingerprint density at radius 1 is 0.506 bits per heavy atom. The Balaban J connectivity index is 0.00000946. The Kier molecular flexibility index (Phi) is 26.0. The highest BCUT2D eigenvalue weighted by Gasteiger charge is 2.29. The van der Waals surface area contributed by atoms with Crippen molar-refractivity contribution in [1.29, 1.82) is 0 Å². The summed E-state index contributed by atoms with van der Waals surface area (Å²) in [5, 5.41) is 30.9. The molecule has 0 bridgehead atoms. The molecule has 0 unspecified atom stereocenters. The molecule has 0 spiro atoms. The third kappa shape index (κ3) is 19.7. The Bertz CT molecular complexity index is 2740. The van der Waals surface area contributed by atoms with E-state index in [9.17, 15) is 9.59 Å². The van der Waals surface area contributed by atoms with E-state index in [0.29, 0.717) is 126 Å². The second kappa shape index (κ2) is 33.2. The molecule has 0 radical (unpaired) electrons. The van der Waals surface area contributed by atoms with Crippen LogP contribution in [0.15, 0.2) is 85.2 Å². The van der Waals surface area contributed by atoms with Crippen molar-refractivity contribution in [2.75, 3.05) is 133 Å². The summed E-state index contributed by atoms with van der Waals surface area (Å²) in [6, 6.07) is 23.7. The lowest BCUT2D eigenvalue weighted by molar-refractivity contribution is 0.0135. The monoisotopic (exact) mass is 1210 g/mol. The highest BCUT2D eigenvalue weighted by Crippen LogP contribution is 2.41. The van der Waals surface area contributed by atoms with E-state index in [1.807, 2.05) is 60.9 Å². The number of aromatic nitrogens is 6. The first-order chi connectivity index (χ1) is 39.0. The lowest BCUT2D eigenvalue weighted by atomic mass is 9.84. The number of likely N-dealkylation sites (N-methyl/N-ethyl adjacent to an activating group) is 2. The number of urea groups is 2. The maximum Gasteiger partial charge on any atom is 0.314 e. The number of halogens is 5. The lowest BCUT2D eigenvalue weighted by Gasteiger charge is -2.33. The SMILES string of the molecule is CN1Cc2c(Cl)cc(Cl)cc2[C@H](c2cccc(-c3cn(CCOCCOCCOCCNC(=O)NCCNC(=O)NCCOCCOCCOCCn4cc(-c5cccc([C@@H]6CN(C)Cc7c(Cl)cc(Cl)cc76)c5)nn4)nn3)c2)C1.Cl. The van der Waals surface area contributed by atoms with Crippen LogP contribution in [0.25, 0.3) is 22.5 Å². The number of fused-ring (bicyclic) bond motifs is 2. The molecule has 4 aromatic carbocycles. The first-order valence-corrected chi connectivity index (χ1v) is 28.3. The van der Waals surface area contributed by atoms with Gasteiger partial charge in [0, 0.05) is 95.4 Å². The van der Waals surface area contributed by atoms with Gasteiger partial charge in [0.15, 0.2) is 0 Å². The molecule has 2 aliphatic rings. The molecule has 438 valence electrons. The third-order valence-electron chi connectivity index (χ3n) is 13.4. The number of benzene rings is 4. The fourth-order valence-corrected chi connectivity index (χ4v) is 10.7. The third-order valence-corrected chi connectivity index (χ3v) is 14.5. The molecule has 8 rings (SSSR count). The summed E-state index contributed by atoms with van der Waals surface area (Å²) in [6.45, 7) is 10.3. The van der Waals surface area contributed by atoms with Crippen LogP contribution in [0.5, 0.6) is 0 Å². The second-order valence-corrected chi connectivity index (χ2v) is 21.1. The van der Waals surface area contributed by atoms with Gasteiger partial charge >= 0.3 is 12.1 Å². The number of carbonyl (C=O) groups excluding carboxylic acids is 2. The van der Waals surface area contributed by atoms with E-state index in [0.717, 1.165) is 70.9 Å². The summed E-state index contributed by atoms with van der Waals surface area (Å²) < 4.78 is 37.3. The van der Waals surface area contributed by atoms with E-state index in [2.05, 4.69) is 90.1 Å². The van der Waals surface area contributed by atoms with Gasteiger partial charge < -0.3 is 59.5 Å². The Morgan fingerprint density at radius 3 is 1.28 bits per heavy atom. The maximum absolute atomic E-state index is 12.1. The van der Waals surface area contributed by atoms with E-state index in [4.69, 9.17) is 74.8 Å². The fourth-order valence-electron chi connectivity index (χ4n) is 9.52. The van der Waals surface area contributed by atoms with Crippen molar-refractivity contribution in [3.8, 4) is 22.5 Å². The molecular formula is C56H71Cl5N12O8. The minimum absolute atomic E-state index is 0. The van der Waals surface area contributed by atoms with E-state index >= 15 is 0 Å². The first kappa shape index (κ1) is 63.4. The number of hydrogen-bond acceptors (Lipinski definition) is 14. The van der Waals surface area contributed by atoms with Crippen LogP contribution in [0.2, 0.25) is 20.1 Å². The van der Waals surface area contributed by atoms with Crippen molar-refractivity contribution in [2.45, 2.75) is 38.0 Å². The highest BCUT2D eigenvalue weighted by atomic mass is 35.5. The summed E-state index contributed by atoms with van der Waals surface area (Å²) >= 11 is 26.0. The van der Waals surface area contributed by atoms with Gasteiger partial charge in [-0.05, 0) is 83.9 Å². The zero-order valence-corrected chi connectivity index (χ0v) is 49.4. The van der Waals surface area contributed by atoms with E-state index < -0.39 is 0 Å². The van der Waals surface area contributed by atoms with Crippen LogP contribution in [0.1, 0.15) is 45.2 Å². The molecule has 0 saturated heterocycles. The van der Waals surface area contributed by atoms with Crippen LogP contribution >= 0.6 is 58.8 Å². The number of carbonyl (C=O) groups is 2. The summed E-state index contributed by atoms with van der Waals surface area (Å²) in [5.74, 6) is 0.262. The largest absolute Gasteiger partial charge is 0.377 e. The molecule has 0 fully saturated rings. The average molecular weight is 1220 g/mol. The summed E-state index contributed by atoms with van der Waals surface area (Å²) in [4.78, 5) is 28.7.